The smallest absolute Gasteiger partial charge is 0.259 e. The highest BCUT2D eigenvalue weighted by Crippen LogP contribution is 2.40. The van der Waals surface area contributed by atoms with Gasteiger partial charge in [-0.25, -0.2) is 0 Å². The lowest BCUT2D eigenvalue weighted by Gasteiger charge is -2.27. The number of ether oxygens (including phenoxy) is 1. The van der Waals surface area contributed by atoms with E-state index in [4.69, 9.17) is 10.5 Å². The maximum absolute atomic E-state index is 13.4. The first-order valence-electron chi connectivity index (χ1n) is 8.34. The van der Waals surface area contributed by atoms with Crippen LogP contribution >= 0.6 is 11.3 Å². The Balaban J connectivity index is 1.95. The quantitative estimate of drug-likeness (QED) is 0.758. The van der Waals surface area contributed by atoms with Crippen LogP contribution in [0.3, 0.4) is 0 Å². The number of nitrogens with zero attached hydrogens (tertiary/aromatic N) is 3. The van der Waals surface area contributed by atoms with Crippen molar-refractivity contribution < 1.29 is 4.74 Å². The number of hydrogen-bond acceptors (Lipinski definition) is 6. The van der Waals surface area contributed by atoms with E-state index in [2.05, 4.69) is 11.1 Å². The fourth-order valence-electron chi connectivity index (χ4n) is 3.32. The van der Waals surface area contributed by atoms with Gasteiger partial charge in [0.2, 0.25) is 5.88 Å². The summed E-state index contributed by atoms with van der Waals surface area (Å²) in [6, 6.07) is 11.5. The van der Waals surface area contributed by atoms with Crippen molar-refractivity contribution in [1.29, 1.82) is 5.26 Å². The van der Waals surface area contributed by atoms with Crippen molar-refractivity contribution in [3.05, 3.63) is 91.6 Å². The van der Waals surface area contributed by atoms with Crippen LogP contribution in [0.4, 0.5) is 0 Å². The molecular weight excluding hydrogens is 360 g/mol. The SMILES string of the molecule is Cc1cc2c(c(=O)n1Cc1cccs1)[C@@H](c1cccnc1)C(C#N)=C(N)O2. The van der Waals surface area contributed by atoms with Crippen LogP contribution in [0.5, 0.6) is 5.75 Å². The van der Waals surface area contributed by atoms with Gasteiger partial charge in [-0.1, -0.05) is 12.1 Å². The lowest BCUT2D eigenvalue weighted by atomic mass is 9.85. The highest BCUT2D eigenvalue weighted by Gasteiger charge is 2.34. The van der Waals surface area contributed by atoms with Crippen LogP contribution in [-0.2, 0) is 6.54 Å². The van der Waals surface area contributed by atoms with E-state index in [1.165, 1.54) is 0 Å². The van der Waals surface area contributed by atoms with Gasteiger partial charge in [0.1, 0.15) is 17.4 Å². The van der Waals surface area contributed by atoms with Crippen LogP contribution in [-0.4, -0.2) is 9.55 Å². The minimum Gasteiger partial charge on any atom is -0.440 e. The second-order valence-corrected chi connectivity index (χ2v) is 7.28. The molecule has 4 rings (SSSR count). The topological polar surface area (TPSA) is 93.9 Å². The fourth-order valence-corrected chi connectivity index (χ4v) is 4.01. The van der Waals surface area contributed by atoms with Gasteiger partial charge in [-0.3, -0.25) is 9.78 Å². The zero-order valence-corrected chi connectivity index (χ0v) is 15.4. The summed E-state index contributed by atoms with van der Waals surface area (Å²) >= 11 is 1.59. The number of fused-ring (bicyclic) bond motifs is 1. The second kappa shape index (κ2) is 6.74. The van der Waals surface area contributed by atoms with Crippen molar-refractivity contribution >= 4 is 11.3 Å². The molecule has 0 spiro atoms. The fraction of sp³-hybridized carbons (Fsp3) is 0.150. The van der Waals surface area contributed by atoms with Crippen molar-refractivity contribution in [2.24, 2.45) is 5.73 Å². The maximum atomic E-state index is 13.4. The molecule has 2 N–H and O–H groups in total. The zero-order chi connectivity index (χ0) is 19.0. The van der Waals surface area contributed by atoms with E-state index >= 15 is 0 Å². The summed E-state index contributed by atoms with van der Waals surface area (Å²) in [6.45, 7) is 2.33. The number of rotatable bonds is 3. The number of nitrogens with two attached hydrogens (primary N) is 1. The minimum absolute atomic E-state index is 0.0219. The number of allylic oxidation sites excluding steroid dienone is 1. The van der Waals surface area contributed by atoms with Gasteiger partial charge in [0, 0.05) is 29.0 Å². The average molecular weight is 376 g/mol. The summed E-state index contributed by atoms with van der Waals surface area (Å²) in [6.07, 6.45) is 3.29. The van der Waals surface area contributed by atoms with Crippen molar-refractivity contribution in [2.45, 2.75) is 19.4 Å². The molecule has 1 aliphatic rings. The Bertz CT molecular complexity index is 1130. The van der Waals surface area contributed by atoms with E-state index < -0.39 is 5.92 Å². The van der Waals surface area contributed by atoms with Gasteiger partial charge >= 0.3 is 0 Å². The molecule has 134 valence electrons. The predicted octanol–water partition coefficient (Wildman–Crippen LogP) is 2.88. The summed E-state index contributed by atoms with van der Waals surface area (Å²) in [4.78, 5) is 18.6. The molecule has 4 heterocycles. The molecule has 0 aliphatic carbocycles. The first kappa shape index (κ1) is 17.1. The van der Waals surface area contributed by atoms with Crippen molar-refractivity contribution in [3.63, 3.8) is 0 Å². The van der Waals surface area contributed by atoms with Gasteiger partial charge in [0.15, 0.2) is 0 Å². The van der Waals surface area contributed by atoms with Gasteiger partial charge < -0.3 is 15.0 Å². The molecular formula is C20H16N4O2S. The molecule has 0 saturated heterocycles. The Kier molecular flexibility index (Phi) is 4.26. The van der Waals surface area contributed by atoms with Crippen LogP contribution in [0, 0.1) is 18.3 Å². The largest absolute Gasteiger partial charge is 0.440 e. The third-order valence-electron chi connectivity index (χ3n) is 4.60. The lowest BCUT2D eigenvalue weighted by Crippen LogP contribution is -2.32. The van der Waals surface area contributed by atoms with Crippen LogP contribution in [0.2, 0.25) is 0 Å². The van der Waals surface area contributed by atoms with Crippen LogP contribution in [0.15, 0.2) is 64.4 Å². The van der Waals surface area contributed by atoms with E-state index in [1.807, 2.05) is 30.5 Å². The lowest BCUT2D eigenvalue weighted by molar-refractivity contribution is 0.389. The standard InChI is InChI=1S/C20H16N4O2S/c1-12-8-16-18(20(25)24(12)11-14-5-3-7-27-14)17(13-4-2-6-23-10-13)15(9-21)19(22)26-16/h2-8,10,17H,11,22H2,1H3/t17-/m0/s1. The van der Waals surface area contributed by atoms with Crippen molar-refractivity contribution in [1.82, 2.24) is 9.55 Å². The van der Waals surface area contributed by atoms with Crippen LogP contribution in [0.1, 0.15) is 27.6 Å². The Morgan fingerprint density at radius 1 is 1.41 bits per heavy atom. The van der Waals surface area contributed by atoms with E-state index in [0.29, 0.717) is 17.9 Å². The number of nitriles is 1. The normalized spacial score (nSPS) is 15.8. The minimum atomic E-state index is -0.602. The summed E-state index contributed by atoms with van der Waals surface area (Å²) in [5, 5.41) is 11.6. The first-order valence-corrected chi connectivity index (χ1v) is 9.22. The molecule has 6 nitrogen and oxygen atoms in total. The van der Waals surface area contributed by atoms with Crippen molar-refractivity contribution in [2.75, 3.05) is 0 Å². The number of aromatic nitrogens is 2. The molecule has 3 aromatic heterocycles. The van der Waals surface area contributed by atoms with Gasteiger partial charge in [-0.15, -0.1) is 11.3 Å². The summed E-state index contributed by atoms with van der Waals surface area (Å²) < 4.78 is 7.34. The van der Waals surface area contributed by atoms with E-state index in [-0.39, 0.29) is 17.0 Å². The van der Waals surface area contributed by atoms with E-state index in [1.54, 1.807) is 40.4 Å². The third kappa shape index (κ3) is 2.90. The Labute approximate surface area is 159 Å². The molecule has 0 aromatic carbocycles. The average Bonchev–Trinajstić information content (AvgIpc) is 3.18. The van der Waals surface area contributed by atoms with Gasteiger partial charge in [0.05, 0.1) is 18.0 Å². The Morgan fingerprint density at radius 2 is 2.26 bits per heavy atom. The van der Waals surface area contributed by atoms with Crippen LogP contribution < -0.4 is 16.0 Å². The summed E-state index contributed by atoms with van der Waals surface area (Å²) in [5.41, 5.74) is 7.93. The first-order chi connectivity index (χ1) is 13.1. The molecule has 1 atom stereocenters. The highest BCUT2D eigenvalue weighted by atomic mass is 32.1. The number of hydrogen-bond donors (Lipinski definition) is 1. The summed E-state index contributed by atoms with van der Waals surface area (Å²) in [7, 11) is 0. The molecule has 0 amide bonds. The Morgan fingerprint density at radius 3 is 2.93 bits per heavy atom. The number of thiophene rings is 1. The molecule has 0 saturated carbocycles. The monoisotopic (exact) mass is 376 g/mol. The number of aryl methyl sites for hydroxylation is 1. The summed E-state index contributed by atoms with van der Waals surface area (Å²) in [5.74, 6) is -0.186. The molecule has 0 fully saturated rings. The third-order valence-corrected chi connectivity index (χ3v) is 5.46. The molecule has 0 radical (unpaired) electrons. The van der Waals surface area contributed by atoms with Gasteiger partial charge in [-0.2, -0.15) is 5.26 Å². The highest BCUT2D eigenvalue weighted by molar-refractivity contribution is 7.09. The van der Waals surface area contributed by atoms with E-state index in [9.17, 15) is 10.1 Å². The zero-order valence-electron chi connectivity index (χ0n) is 14.5. The number of pyridine rings is 2. The molecule has 0 unspecified atom stereocenters. The predicted molar refractivity (Wildman–Crippen MR) is 102 cm³/mol. The molecule has 7 heteroatoms. The van der Waals surface area contributed by atoms with E-state index in [0.717, 1.165) is 16.1 Å². The molecule has 3 aromatic rings. The van der Waals surface area contributed by atoms with Crippen molar-refractivity contribution in [3.8, 4) is 11.8 Å². The maximum Gasteiger partial charge on any atom is 0.259 e. The Hall–Kier alpha value is -3.37. The molecule has 1 aliphatic heterocycles. The van der Waals surface area contributed by atoms with Gasteiger partial charge in [0.25, 0.3) is 5.56 Å². The van der Waals surface area contributed by atoms with Crippen LogP contribution in [0.25, 0.3) is 0 Å². The van der Waals surface area contributed by atoms with Gasteiger partial charge in [-0.05, 0) is 30.0 Å². The molecule has 0 bridgehead atoms. The molecule has 27 heavy (non-hydrogen) atoms. The second-order valence-electron chi connectivity index (χ2n) is 6.25.